The number of hydrogen-bond donors (Lipinski definition) is 1. The van der Waals surface area contributed by atoms with Gasteiger partial charge >= 0.3 is 0 Å². The Balaban J connectivity index is 1.58. The number of nitrogens with zero attached hydrogens (tertiary/aromatic N) is 3. The average molecular weight is 602 g/mol. The van der Waals surface area contributed by atoms with Crippen LogP contribution in [0.2, 0.25) is 0 Å². The van der Waals surface area contributed by atoms with Crippen LogP contribution >= 0.6 is 0 Å². The molecule has 2 aromatic carbocycles. The molecule has 3 aliphatic rings. The van der Waals surface area contributed by atoms with Crippen molar-refractivity contribution in [2.45, 2.75) is 62.9 Å². The zero-order chi connectivity index (χ0) is 31.6. The summed E-state index contributed by atoms with van der Waals surface area (Å²) in [4.78, 5) is 48.6. The van der Waals surface area contributed by atoms with E-state index in [0.29, 0.717) is 43.8 Å². The molecule has 0 aliphatic carbocycles. The summed E-state index contributed by atoms with van der Waals surface area (Å²) in [6.07, 6.45) is 4.73. The largest absolute Gasteiger partial charge is 0.497 e. The first-order valence-electron chi connectivity index (χ1n) is 15.3. The lowest BCUT2D eigenvalue weighted by molar-refractivity contribution is -0.152. The zero-order valence-corrected chi connectivity index (χ0v) is 25.9. The number of likely N-dealkylation sites (tertiary alicyclic amines) is 1. The summed E-state index contributed by atoms with van der Waals surface area (Å²) in [5.41, 5.74) is -0.566. The predicted molar refractivity (Wildman–Crippen MR) is 168 cm³/mol. The number of fused-ring (bicyclic) bond motifs is 1. The highest BCUT2D eigenvalue weighted by Gasteiger charge is 2.78. The van der Waals surface area contributed by atoms with Gasteiger partial charge in [-0.1, -0.05) is 49.4 Å². The molecule has 1 spiro atoms. The third kappa shape index (κ3) is 5.12. The molecule has 234 valence electrons. The van der Waals surface area contributed by atoms with E-state index in [1.54, 1.807) is 53.3 Å². The zero-order valence-electron chi connectivity index (χ0n) is 25.9. The van der Waals surface area contributed by atoms with E-state index in [2.05, 4.69) is 13.2 Å². The maximum Gasteiger partial charge on any atom is 0.253 e. The van der Waals surface area contributed by atoms with E-state index in [0.717, 1.165) is 5.56 Å². The topological polar surface area (TPSA) is 99.6 Å². The highest BCUT2D eigenvalue weighted by molar-refractivity contribution is 6.05. The summed E-state index contributed by atoms with van der Waals surface area (Å²) >= 11 is 0. The van der Waals surface area contributed by atoms with Crippen molar-refractivity contribution < 1.29 is 29.0 Å². The normalized spacial score (nSPS) is 27.5. The highest BCUT2D eigenvalue weighted by atomic mass is 16.5. The molecule has 44 heavy (non-hydrogen) atoms. The van der Waals surface area contributed by atoms with Crippen molar-refractivity contribution in [3.8, 4) is 5.75 Å². The van der Waals surface area contributed by atoms with Gasteiger partial charge in [-0.25, -0.2) is 0 Å². The number of amides is 3. The minimum absolute atomic E-state index is 0.195. The van der Waals surface area contributed by atoms with Gasteiger partial charge in [0.05, 0.1) is 37.2 Å². The van der Waals surface area contributed by atoms with Gasteiger partial charge in [0.25, 0.3) is 5.91 Å². The Morgan fingerprint density at radius 3 is 2.36 bits per heavy atom. The van der Waals surface area contributed by atoms with Crippen molar-refractivity contribution in [1.82, 2.24) is 9.80 Å². The lowest BCUT2D eigenvalue weighted by Crippen LogP contribution is -2.59. The van der Waals surface area contributed by atoms with Crippen LogP contribution in [0.15, 0.2) is 79.9 Å². The molecular formula is C35H43N3O6. The molecule has 0 saturated carbocycles. The summed E-state index contributed by atoms with van der Waals surface area (Å²) in [5, 5.41) is 10.4. The van der Waals surface area contributed by atoms with Gasteiger partial charge in [-0.2, -0.15) is 0 Å². The van der Waals surface area contributed by atoms with Crippen LogP contribution in [0.4, 0.5) is 5.69 Å². The molecule has 3 aliphatic heterocycles. The molecule has 2 unspecified atom stereocenters. The van der Waals surface area contributed by atoms with Crippen molar-refractivity contribution >= 4 is 23.4 Å². The molecule has 2 bridgehead atoms. The van der Waals surface area contributed by atoms with E-state index in [-0.39, 0.29) is 30.9 Å². The van der Waals surface area contributed by atoms with Crippen LogP contribution in [-0.2, 0) is 25.7 Å². The number of anilines is 1. The minimum Gasteiger partial charge on any atom is -0.497 e. The van der Waals surface area contributed by atoms with Crippen molar-refractivity contribution in [1.29, 1.82) is 0 Å². The first-order chi connectivity index (χ1) is 21.2. The number of carbonyl (C=O) groups excluding carboxylic acids is 3. The van der Waals surface area contributed by atoms with Gasteiger partial charge in [0.15, 0.2) is 0 Å². The number of ether oxygens (including phenoxy) is 2. The third-order valence-electron chi connectivity index (χ3n) is 9.63. The predicted octanol–water partition coefficient (Wildman–Crippen LogP) is 3.96. The van der Waals surface area contributed by atoms with Crippen molar-refractivity contribution in [3.63, 3.8) is 0 Å². The Bertz CT molecular complexity index is 1390. The third-order valence-corrected chi connectivity index (χ3v) is 9.63. The Morgan fingerprint density at radius 2 is 1.77 bits per heavy atom. The van der Waals surface area contributed by atoms with Gasteiger partial charge in [0.2, 0.25) is 11.8 Å². The Kier molecular flexibility index (Phi) is 9.00. The van der Waals surface area contributed by atoms with Crippen molar-refractivity contribution in [2.24, 2.45) is 11.8 Å². The number of hydrogen-bond acceptors (Lipinski definition) is 6. The molecular weight excluding hydrogens is 558 g/mol. The van der Waals surface area contributed by atoms with Crippen LogP contribution in [0.25, 0.3) is 0 Å². The van der Waals surface area contributed by atoms with Crippen molar-refractivity contribution in [3.05, 3.63) is 85.5 Å². The minimum atomic E-state index is -1.22. The molecule has 2 aromatic rings. The lowest BCUT2D eigenvalue weighted by Gasteiger charge is -2.39. The van der Waals surface area contributed by atoms with Crippen LogP contribution in [0.5, 0.6) is 5.75 Å². The number of methoxy groups -OCH3 is 1. The first kappa shape index (κ1) is 31.5. The number of carbonyl (C=O) groups is 3. The maximum absolute atomic E-state index is 14.7. The van der Waals surface area contributed by atoms with Crippen LogP contribution in [0, 0.1) is 11.8 Å². The fourth-order valence-corrected chi connectivity index (χ4v) is 7.58. The molecule has 9 heteroatoms. The molecule has 0 aromatic heterocycles. The molecule has 6 atom stereocenters. The summed E-state index contributed by atoms with van der Waals surface area (Å²) < 4.78 is 12.2. The first-order valence-corrected chi connectivity index (χ1v) is 15.3. The fraction of sp³-hybridized carbons (Fsp3) is 0.457. The van der Waals surface area contributed by atoms with E-state index in [1.807, 2.05) is 44.2 Å². The van der Waals surface area contributed by atoms with Crippen molar-refractivity contribution in [2.75, 3.05) is 31.7 Å². The number of aliphatic hydroxyl groups is 1. The van der Waals surface area contributed by atoms with Gasteiger partial charge in [0.1, 0.15) is 17.4 Å². The standard InChI is InChI=1S/C35H43N3O6/c1-6-20-36(22-24-12-10-9-11-13-24)31(40)28-29-32(41)38(25(8-3)23-39)30(35(29)19-18-34(28,4)44-35)33(42)37(21-7-2)26-14-16-27(43-5)17-15-26/h6-7,9-17,25,28-30,39H,1-2,8,18-23H2,3-5H3/t25-,28+,29-,30?,34-,35?/m0/s1. The summed E-state index contributed by atoms with van der Waals surface area (Å²) in [5.74, 6) is -1.86. The van der Waals surface area contributed by atoms with Gasteiger partial charge < -0.3 is 29.3 Å². The van der Waals surface area contributed by atoms with E-state index in [9.17, 15) is 19.5 Å². The Labute approximate surface area is 259 Å². The van der Waals surface area contributed by atoms with Gasteiger partial charge in [-0.3, -0.25) is 14.4 Å². The van der Waals surface area contributed by atoms with Crippen LogP contribution in [-0.4, -0.2) is 82.7 Å². The molecule has 9 nitrogen and oxygen atoms in total. The van der Waals surface area contributed by atoms with Crippen LogP contribution in [0.3, 0.4) is 0 Å². The lowest BCUT2D eigenvalue weighted by atomic mass is 9.66. The summed E-state index contributed by atoms with van der Waals surface area (Å²) in [7, 11) is 1.57. The molecule has 0 radical (unpaired) electrons. The Hall–Kier alpha value is -3.95. The monoisotopic (exact) mass is 601 g/mol. The van der Waals surface area contributed by atoms with Gasteiger partial charge in [-0.05, 0) is 56.0 Å². The van der Waals surface area contributed by atoms with Crippen LogP contribution in [0.1, 0.15) is 38.7 Å². The van der Waals surface area contributed by atoms with Gasteiger partial charge in [0, 0.05) is 25.3 Å². The molecule has 3 heterocycles. The molecule has 1 N–H and O–H groups in total. The number of aliphatic hydroxyl groups excluding tert-OH is 1. The fourth-order valence-electron chi connectivity index (χ4n) is 7.58. The maximum atomic E-state index is 14.7. The molecule has 3 fully saturated rings. The van der Waals surface area contributed by atoms with Gasteiger partial charge in [-0.15, -0.1) is 13.2 Å². The van der Waals surface area contributed by atoms with E-state index in [4.69, 9.17) is 9.47 Å². The quantitative estimate of drug-likeness (QED) is 0.349. The SMILES string of the molecule is C=CCN(Cc1ccccc1)C(=O)[C@H]1[C@H]2C(=O)N([C@@H](CC)CO)C(C(=O)N(CC=C)c3ccc(OC)cc3)C23CC[C@]1(C)O3. The summed E-state index contributed by atoms with van der Waals surface area (Å²) in [6, 6.07) is 15.2. The molecule has 3 saturated heterocycles. The van der Waals surface area contributed by atoms with Crippen LogP contribution < -0.4 is 9.64 Å². The summed E-state index contributed by atoms with van der Waals surface area (Å²) in [6.45, 7) is 12.1. The molecule has 5 rings (SSSR count). The van der Waals surface area contributed by atoms with E-state index in [1.165, 1.54) is 4.90 Å². The average Bonchev–Trinajstić information content (AvgIpc) is 3.61. The smallest absolute Gasteiger partial charge is 0.253 e. The number of benzene rings is 2. The van der Waals surface area contributed by atoms with E-state index >= 15 is 0 Å². The molecule has 3 amide bonds. The number of rotatable bonds is 13. The van der Waals surface area contributed by atoms with E-state index < -0.39 is 35.1 Å². The highest BCUT2D eigenvalue weighted by Crippen LogP contribution is 2.64. The Morgan fingerprint density at radius 1 is 1.09 bits per heavy atom. The second-order valence-corrected chi connectivity index (χ2v) is 12.1. The second kappa shape index (κ2) is 12.6. The second-order valence-electron chi connectivity index (χ2n) is 12.1.